The van der Waals surface area contributed by atoms with Gasteiger partial charge in [0, 0.05) is 13.1 Å². The third kappa shape index (κ3) is 7.20. The summed E-state index contributed by atoms with van der Waals surface area (Å²) in [5.74, 6) is 0. The maximum atomic E-state index is 5.33. The first-order valence-electron chi connectivity index (χ1n) is 6.59. The highest BCUT2D eigenvalue weighted by Crippen LogP contribution is 2.10. The fraction of sp³-hybridized carbons (Fsp3) is 1.00. The van der Waals surface area contributed by atoms with Crippen molar-refractivity contribution in [3.05, 3.63) is 0 Å². The summed E-state index contributed by atoms with van der Waals surface area (Å²) in [6, 6.07) is 0. The number of morpholine rings is 1. The van der Waals surface area contributed by atoms with Crippen molar-refractivity contribution in [2.24, 2.45) is 5.41 Å². The monoisotopic (exact) mass is 228 g/mol. The van der Waals surface area contributed by atoms with Gasteiger partial charge in [-0.1, -0.05) is 20.8 Å². The molecule has 1 N–H and O–H groups in total. The Kier molecular flexibility index (Phi) is 6.32. The SMILES string of the molecule is CC(C)(C)CNCCCCN1CCOCC1. The van der Waals surface area contributed by atoms with E-state index in [4.69, 9.17) is 4.74 Å². The molecule has 3 nitrogen and oxygen atoms in total. The van der Waals surface area contributed by atoms with E-state index >= 15 is 0 Å². The number of nitrogens with one attached hydrogen (secondary N) is 1. The molecule has 0 radical (unpaired) electrons. The highest BCUT2D eigenvalue weighted by Gasteiger charge is 2.10. The van der Waals surface area contributed by atoms with Gasteiger partial charge in [-0.3, -0.25) is 4.90 Å². The quantitative estimate of drug-likeness (QED) is 0.701. The third-order valence-corrected chi connectivity index (χ3v) is 2.84. The summed E-state index contributed by atoms with van der Waals surface area (Å²) in [5, 5.41) is 3.52. The van der Waals surface area contributed by atoms with Crippen molar-refractivity contribution >= 4 is 0 Å². The average molecular weight is 228 g/mol. The van der Waals surface area contributed by atoms with Crippen LogP contribution in [-0.4, -0.2) is 50.8 Å². The molecular formula is C13H28N2O. The standard InChI is InChI=1S/C13H28N2O/c1-13(2,3)12-14-6-4-5-7-15-8-10-16-11-9-15/h14H,4-12H2,1-3H3. The normalized spacial score (nSPS) is 18.9. The molecule has 1 rings (SSSR count). The summed E-state index contributed by atoms with van der Waals surface area (Å²) < 4.78 is 5.33. The Balaban J connectivity index is 1.87. The van der Waals surface area contributed by atoms with Crippen molar-refractivity contribution in [1.29, 1.82) is 0 Å². The van der Waals surface area contributed by atoms with Gasteiger partial charge in [-0.2, -0.15) is 0 Å². The Morgan fingerprint density at radius 1 is 1.12 bits per heavy atom. The maximum absolute atomic E-state index is 5.33. The molecule has 1 aliphatic heterocycles. The van der Waals surface area contributed by atoms with E-state index in [-0.39, 0.29) is 0 Å². The lowest BCUT2D eigenvalue weighted by molar-refractivity contribution is 0.0372. The number of ether oxygens (including phenoxy) is 1. The molecule has 0 bridgehead atoms. The molecule has 3 heteroatoms. The second kappa shape index (κ2) is 7.25. The largest absolute Gasteiger partial charge is 0.379 e. The van der Waals surface area contributed by atoms with Crippen LogP contribution in [0, 0.1) is 5.41 Å². The number of hydrogen-bond donors (Lipinski definition) is 1. The molecule has 0 atom stereocenters. The van der Waals surface area contributed by atoms with Gasteiger partial charge in [0.05, 0.1) is 13.2 Å². The Labute approximate surface area is 101 Å². The predicted molar refractivity (Wildman–Crippen MR) is 68.8 cm³/mol. The molecular weight excluding hydrogens is 200 g/mol. The van der Waals surface area contributed by atoms with Crippen LogP contribution in [0.4, 0.5) is 0 Å². The van der Waals surface area contributed by atoms with Crippen molar-refractivity contribution < 1.29 is 4.74 Å². The van der Waals surface area contributed by atoms with Crippen LogP contribution in [0.3, 0.4) is 0 Å². The molecule has 1 saturated heterocycles. The molecule has 0 aliphatic carbocycles. The van der Waals surface area contributed by atoms with Gasteiger partial charge in [0.25, 0.3) is 0 Å². The van der Waals surface area contributed by atoms with Crippen molar-refractivity contribution in [2.75, 3.05) is 45.9 Å². The fourth-order valence-corrected chi connectivity index (χ4v) is 1.87. The number of rotatable bonds is 6. The Hall–Kier alpha value is -0.120. The van der Waals surface area contributed by atoms with Crippen LogP contribution in [0.1, 0.15) is 33.6 Å². The minimum atomic E-state index is 0.407. The van der Waals surface area contributed by atoms with Gasteiger partial charge in [0.15, 0.2) is 0 Å². The zero-order chi connectivity index (χ0) is 11.9. The van der Waals surface area contributed by atoms with Crippen molar-refractivity contribution in [3.63, 3.8) is 0 Å². The number of unbranched alkanes of at least 4 members (excludes halogenated alkanes) is 1. The van der Waals surface area contributed by atoms with E-state index in [2.05, 4.69) is 31.0 Å². The zero-order valence-corrected chi connectivity index (χ0v) is 11.2. The van der Waals surface area contributed by atoms with Gasteiger partial charge in [-0.15, -0.1) is 0 Å². The van der Waals surface area contributed by atoms with Crippen LogP contribution in [0.15, 0.2) is 0 Å². The van der Waals surface area contributed by atoms with Gasteiger partial charge in [0.2, 0.25) is 0 Å². The van der Waals surface area contributed by atoms with Gasteiger partial charge >= 0.3 is 0 Å². The summed E-state index contributed by atoms with van der Waals surface area (Å²) >= 11 is 0. The minimum absolute atomic E-state index is 0.407. The molecule has 96 valence electrons. The van der Waals surface area contributed by atoms with E-state index in [1.54, 1.807) is 0 Å². The summed E-state index contributed by atoms with van der Waals surface area (Å²) in [7, 11) is 0. The molecule has 0 unspecified atom stereocenters. The lowest BCUT2D eigenvalue weighted by Gasteiger charge is -2.26. The second-order valence-corrected chi connectivity index (χ2v) is 5.90. The van der Waals surface area contributed by atoms with E-state index in [9.17, 15) is 0 Å². The molecule has 1 fully saturated rings. The fourth-order valence-electron chi connectivity index (χ4n) is 1.87. The lowest BCUT2D eigenvalue weighted by Crippen LogP contribution is -2.37. The molecule has 16 heavy (non-hydrogen) atoms. The first-order chi connectivity index (χ1) is 7.58. The number of nitrogens with zero attached hydrogens (tertiary/aromatic N) is 1. The molecule has 0 aromatic carbocycles. The Morgan fingerprint density at radius 2 is 1.81 bits per heavy atom. The molecule has 0 aromatic rings. The van der Waals surface area contributed by atoms with Crippen LogP contribution in [0.25, 0.3) is 0 Å². The Bertz CT molecular complexity index is 171. The van der Waals surface area contributed by atoms with E-state index in [1.165, 1.54) is 19.4 Å². The highest BCUT2D eigenvalue weighted by molar-refractivity contribution is 4.65. The molecule has 0 aromatic heterocycles. The first kappa shape index (κ1) is 13.9. The molecule has 0 spiro atoms. The topological polar surface area (TPSA) is 24.5 Å². The van der Waals surface area contributed by atoms with Gasteiger partial charge in [-0.25, -0.2) is 0 Å². The minimum Gasteiger partial charge on any atom is -0.379 e. The molecule has 0 saturated carbocycles. The van der Waals surface area contributed by atoms with Gasteiger partial charge in [0.1, 0.15) is 0 Å². The Morgan fingerprint density at radius 3 is 2.44 bits per heavy atom. The third-order valence-electron chi connectivity index (χ3n) is 2.84. The summed E-state index contributed by atoms with van der Waals surface area (Å²) in [6.45, 7) is 14.4. The summed E-state index contributed by atoms with van der Waals surface area (Å²) in [6.07, 6.45) is 2.59. The van der Waals surface area contributed by atoms with Crippen LogP contribution in [-0.2, 0) is 4.74 Å². The average Bonchev–Trinajstić information content (AvgIpc) is 2.23. The van der Waals surface area contributed by atoms with Crippen LogP contribution in [0.2, 0.25) is 0 Å². The highest BCUT2D eigenvalue weighted by atomic mass is 16.5. The van der Waals surface area contributed by atoms with Crippen LogP contribution >= 0.6 is 0 Å². The molecule has 1 heterocycles. The maximum Gasteiger partial charge on any atom is 0.0594 e. The van der Waals surface area contributed by atoms with Crippen molar-refractivity contribution in [3.8, 4) is 0 Å². The van der Waals surface area contributed by atoms with Crippen LogP contribution < -0.4 is 5.32 Å². The first-order valence-corrected chi connectivity index (χ1v) is 6.59. The van der Waals surface area contributed by atoms with Crippen molar-refractivity contribution in [1.82, 2.24) is 10.2 Å². The predicted octanol–water partition coefficient (Wildman–Crippen LogP) is 1.73. The number of hydrogen-bond acceptors (Lipinski definition) is 3. The summed E-state index contributed by atoms with van der Waals surface area (Å²) in [4.78, 5) is 2.51. The van der Waals surface area contributed by atoms with E-state index in [1.807, 2.05) is 0 Å². The zero-order valence-electron chi connectivity index (χ0n) is 11.2. The van der Waals surface area contributed by atoms with Crippen LogP contribution in [0.5, 0.6) is 0 Å². The smallest absolute Gasteiger partial charge is 0.0594 e. The second-order valence-electron chi connectivity index (χ2n) is 5.90. The van der Waals surface area contributed by atoms with E-state index < -0.39 is 0 Å². The van der Waals surface area contributed by atoms with Gasteiger partial charge < -0.3 is 10.1 Å². The van der Waals surface area contributed by atoms with E-state index in [0.717, 1.165) is 39.4 Å². The molecule has 1 aliphatic rings. The lowest BCUT2D eigenvalue weighted by atomic mass is 9.97. The molecule has 0 amide bonds. The summed E-state index contributed by atoms with van der Waals surface area (Å²) in [5.41, 5.74) is 0.407. The van der Waals surface area contributed by atoms with E-state index in [0.29, 0.717) is 5.41 Å². The van der Waals surface area contributed by atoms with Gasteiger partial charge in [-0.05, 0) is 37.9 Å². The van der Waals surface area contributed by atoms with Crippen molar-refractivity contribution in [2.45, 2.75) is 33.6 Å².